The van der Waals surface area contributed by atoms with E-state index in [1.807, 2.05) is 6.07 Å². The molecular formula is C20H28Cl2N2O2. The molecule has 1 aliphatic carbocycles. The summed E-state index contributed by atoms with van der Waals surface area (Å²) in [6, 6.07) is 5.45. The summed E-state index contributed by atoms with van der Waals surface area (Å²) in [5.41, 5.74) is 5.41. The molecule has 1 saturated heterocycles. The number of piperidine rings is 1. The summed E-state index contributed by atoms with van der Waals surface area (Å²) >= 11 is 12.0. The Labute approximate surface area is 166 Å². The second-order valence-electron chi connectivity index (χ2n) is 7.64. The van der Waals surface area contributed by atoms with E-state index in [0.29, 0.717) is 10.0 Å². The molecule has 4 nitrogen and oxygen atoms in total. The van der Waals surface area contributed by atoms with Crippen molar-refractivity contribution in [2.45, 2.75) is 51.0 Å². The number of carbonyl (C=O) groups excluding carboxylic acids is 1. The van der Waals surface area contributed by atoms with E-state index in [0.717, 1.165) is 69.8 Å². The zero-order valence-corrected chi connectivity index (χ0v) is 16.6. The lowest BCUT2D eigenvalue weighted by molar-refractivity contribution is -0.123. The van der Waals surface area contributed by atoms with Crippen LogP contribution in [-0.2, 0) is 4.79 Å². The van der Waals surface area contributed by atoms with Crippen LogP contribution in [0.1, 0.15) is 44.9 Å². The quantitative estimate of drug-likeness (QED) is 0.765. The summed E-state index contributed by atoms with van der Waals surface area (Å²) in [5, 5.41) is 1.09. The predicted octanol–water partition coefficient (Wildman–Crippen LogP) is 4.52. The number of hydrogen-bond acceptors (Lipinski definition) is 3. The number of benzene rings is 1. The Morgan fingerprint density at radius 2 is 1.77 bits per heavy atom. The van der Waals surface area contributed by atoms with Crippen molar-refractivity contribution in [2.24, 2.45) is 17.6 Å². The first-order chi connectivity index (χ1) is 12.5. The molecule has 2 fully saturated rings. The summed E-state index contributed by atoms with van der Waals surface area (Å²) in [5.74, 6) is 1.54. The highest BCUT2D eigenvalue weighted by atomic mass is 35.5. The van der Waals surface area contributed by atoms with Gasteiger partial charge in [-0.15, -0.1) is 0 Å². The summed E-state index contributed by atoms with van der Waals surface area (Å²) < 4.78 is 6.05. The van der Waals surface area contributed by atoms with Crippen molar-refractivity contribution in [3.8, 4) is 5.75 Å². The molecule has 1 saturated carbocycles. The molecule has 0 aromatic heterocycles. The first-order valence-corrected chi connectivity index (χ1v) is 10.4. The molecular weight excluding hydrogens is 371 g/mol. The van der Waals surface area contributed by atoms with Crippen LogP contribution in [0.5, 0.6) is 5.75 Å². The van der Waals surface area contributed by atoms with E-state index in [1.54, 1.807) is 12.1 Å². The molecule has 0 radical (unpaired) electrons. The number of ether oxygens (including phenoxy) is 1. The van der Waals surface area contributed by atoms with Crippen molar-refractivity contribution in [1.82, 2.24) is 4.90 Å². The zero-order chi connectivity index (χ0) is 18.5. The monoisotopic (exact) mass is 398 g/mol. The first-order valence-electron chi connectivity index (χ1n) is 9.64. The molecule has 1 aromatic rings. The standard InChI is InChI=1S/C20H28Cl2N2O2/c21-18-6-5-17(13-19(18)22)26-16-8-11-24(12-9-16)10-7-14-1-3-15(4-2-14)20(23)25/h5-6,13-16H,1-4,7-12H2,(H2,23,25)/t14-,15-. The van der Waals surface area contributed by atoms with Crippen molar-refractivity contribution in [3.63, 3.8) is 0 Å². The van der Waals surface area contributed by atoms with Crippen molar-refractivity contribution in [2.75, 3.05) is 19.6 Å². The minimum absolute atomic E-state index is 0.112. The first kappa shape index (κ1) is 19.8. The van der Waals surface area contributed by atoms with Crippen LogP contribution in [-0.4, -0.2) is 36.5 Å². The van der Waals surface area contributed by atoms with E-state index in [9.17, 15) is 4.79 Å². The molecule has 2 N–H and O–H groups in total. The van der Waals surface area contributed by atoms with Gasteiger partial charge in [0, 0.05) is 25.1 Å². The number of carbonyl (C=O) groups is 1. The highest BCUT2D eigenvalue weighted by Crippen LogP contribution is 2.31. The second-order valence-corrected chi connectivity index (χ2v) is 8.46. The predicted molar refractivity (Wildman–Crippen MR) is 106 cm³/mol. The highest BCUT2D eigenvalue weighted by molar-refractivity contribution is 6.42. The molecule has 0 atom stereocenters. The number of likely N-dealkylation sites (tertiary alicyclic amines) is 1. The summed E-state index contributed by atoms with van der Waals surface area (Å²) in [6.45, 7) is 3.29. The van der Waals surface area contributed by atoms with Crippen LogP contribution in [0.4, 0.5) is 0 Å². The Morgan fingerprint density at radius 1 is 1.08 bits per heavy atom. The van der Waals surface area contributed by atoms with Crippen LogP contribution < -0.4 is 10.5 Å². The van der Waals surface area contributed by atoms with Gasteiger partial charge in [0.25, 0.3) is 0 Å². The third-order valence-electron chi connectivity index (χ3n) is 5.83. The molecule has 2 aliphatic rings. The minimum Gasteiger partial charge on any atom is -0.490 e. The molecule has 3 rings (SSSR count). The number of halogens is 2. The molecule has 144 valence electrons. The van der Waals surface area contributed by atoms with Crippen molar-refractivity contribution < 1.29 is 9.53 Å². The maximum Gasteiger partial charge on any atom is 0.220 e. The summed E-state index contributed by atoms with van der Waals surface area (Å²) in [7, 11) is 0. The van der Waals surface area contributed by atoms with E-state index < -0.39 is 0 Å². The van der Waals surface area contributed by atoms with Gasteiger partial charge in [-0.2, -0.15) is 0 Å². The van der Waals surface area contributed by atoms with Gasteiger partial charge in [0.1, 0.15) is 11.9 Å². The normalized spacial score (nSPS) is 25.2. The van der Waals surface area contributed by atoms with Gasteiger partial charge in [0.05, 0.1) is 10.0 Å². The Hall–Kier alpha value is -0.970. The summed E-state index contributed by atoms with van der Waals surface area (Å²) in [4.78, 5) is 13.8. The van der Waals surface area contributed by atoms with E-state index >= 15 is 0 Å². The van der Waals surface area contributed by atoms with Gasteiger partial charge < -0.3 is 15.4 Å². The maximum atomic E-state index is 11.3. The number of primary amides is 1. The van der Waals surface area contributed by atoms with Crippen LogP contribution >= 0.6 is 23.2 Å². The molecule has 0 unspecified atom stereocenters. The lowest BCUT2D eigenvalue weighted by atomic mass is 9.80. The lowest BCUT2D eigenvalue weighted by Gasteiger charge is -2.34. The second kappa shape index (κ2) is 9.29. The van der Waals surface area contributed by atoms with Crippen LogP contribution in [0, 0.1) is 11.8 Å². The third kappa shape index (κ3) is 5.51. The number of nitrogens with zero attached hydrogens (tertiary/aromatic N) is 1. The van der Waals surface area contributed by atoms with E-state index in [2.05, 4.69) is 4.90 Å². The molecule has 0 spiro atoms. The Kier molecular flexibility index (Phi) is 7.07. The zero-order valence-electron chi connectivity index (χ0n) is 15.1. The number of rotatable bonds is 6. The third-order valence-corrected chi connectivity index (χ3v) is 6.57. The molecule has 26 heavy (non-hydrogen) atoms. The van der Waals surface area contributed by atoms with Gasteiger partial charge >= 0.3 is 0 Å². The van der Waals surface area contributed by atoms with Gasteiger partial charge in [0.2, 0.25) is 5.91 Å². The van der Waals surface area contributed by atoms with Crippen molar-refractivity contribution in [1.29, 1.82) is 0 Å². The van der Waals surface area contributed by atoms with Crippen LogP contribution in [0.2, 0.25) is 10.0 Å². The Balaban J connectivity index is 1.35. The van der Waals surface area contributed by atoms with E-state index in [-0.39, 0.29) is 17.9 Å². The molecule has 1 heterocycles. The Bertz CT molecular complexity index is 610. The number of nitrogens with two attached hydrogens (primary N) is 1. The SMILES string of the molecule is NC(=O)[C@H]1CC[C@H](CCN2CCC(Oc3ccc(Cl)c(Cl)c3)CC2)CC1. The molecule has 0 bridgehead atoms. The average Bonchev–Trinajstić information content (AvgIpc) is 2.64. The van der Waals surface area contributed by atoms with E-state index in [4.69, 9.17) is 33.7 Å². The highest BCUT2D eigenvalue weighted by Gasteiger charge is 2.26. The fraction of sp³-hybridized carbons (Fsp3) is 0.650. The maximum absolute atomic E-state index is 11.3. The van der Waals surface area contributed by atoms with E-state index in [1.165, 1.54) is 6.42 Å². The average molecular weight is 399 g/mol. The number of amides is 1. The van der Waals surface area contributed by atoms with Crippen LogP contribution in [0.25, 0.3) is 0 Å². The van der Waals surface area contributed by atoms with Gasteiger partial charge in [-0.1, -0.05) is 23.2 Å². The van der Waals surface area contributed by atoms with Crippen LogP contribution in [0.3, 0.4) is 0 Å². The number of hydrogen-bond donors (Lipinski definition) is 1. The van der Waals surface area contributed by atoms with Crippen LogP contribution in [0.15, 0.2) is 18.2 Å². The van der Waals surface area contributed by atoms with Crippen molar-refractivity contribution >= 4 is 29.1 Å². The van der Waals surface area contributed by atoms with Gasteiger partial charge in [0.15, 0.2) is 0 Å². The van der Waals surface area contributed by atoms with Gasteiger partial charge in [-0.05, 0) is 69.5 Å². The smallest absolute Gasteiger partial charge is 0.220 e. The minimum atomic E-state index is -0.118. The largest absolute Gasteiger partial charge is 0.490 e. The Morgan fingerprint density at radius 3 is 2.38 bits per heavy atom. The topological polar surface area (TPSA) is 55.6 Å². The molecule has 1 aliphatic heterocycles. The lowest BCUT2D eigenvalue weighted by Crippen LogP contribution is -2.39. The summed E-state index contributed by atoms with van der Waals surface area (Å²) in [6.07, 6.45) is 7.77. The fourth-order valence-corrected chi connectivity index (χ4v) is 4.38. The molecule has 1 amide bonds. The van der Waals surface area contributed by atoms with Gasteiger partial charge in [-0.3, -0.25) is 4.79 Å². The molecule has 6 heteroatoms. The van der Waals surface area contributed by atoms with Crippen molar-refractivity contribution in [3.05, 3.63) is 28.2 Å². The van der Waals surface area contributed by atoms with Gasteiger partial charge in [-0.25, -0.2) is 0 Å². The fourth-order valence-electron chi connectivity index (χ4n) is 4.09. The molecule has 1 aromatic carbocycles.